The van der Waals surface area contributed by atoms with Crippen molar-refractivity contribution in [2.75, 3.05) is 25.0 Å². The minimum Gasteiger partial charge on any atom is -0.354 e. The summed E-state index contributed by atoms with van der Waals surface area (Å²) in [6.45, 7) is 6.73. The Morgan fingerprint density at radius 2 is 2.17 bits per heavy atom. The van der Waals surface area contributed by atoms with E-state index < -0.39 is 0 Å². The highest BCUT2D eigenvalue weighted by molar-refractivity contribution is 5.92. The molecule has 0 aliphatic carbocycles. The van der Waals surface area contributed by atoms with Crippen LogP contribution < -0.4 is 5.32 Å². The number of nitrogens with zero attached hydrogens (tertiary/aromatic N) is 3. The number of amides is 1. The quantitative estimate of drug-likeness (QED) is 0.882. The highest BCUT2D eigenvalue weighted by Gasteiger charge is 2.20. The Labute approximate surface area is 108 Å². The maximum absolute atomic E-state index is 12.1. The molecule has 18 heavy (non-hydrogen) atoms. The molecule has 1 aromatic rings. The van der Waals surface area contributed by atoms with E-state index in [1.165, 1.54) is 0 Å². The van der Waals surface area contributed by atoms with E-state index in [1.54, 1.807) is 12.3 Å². The topological polar surface area (TPSA) is 58.1 Å². The summed E-state index contributed by atoms with van der Waals surface area (Å²) >= 11 is 0. The maximum Gasteiger partial charge on any atom is 0.272 e. The molecular weight excluding hydrogens is 228 g/mol. The fraction of sp³-hybridized carbons (Fsp3) is 0.615. The molecule has 98 valence electrons. The highest BCUT2D eigenvalue weighted by Crippen LogP contribution is 2.12. The van der Waals surface area contributed by atoms with Crippen LogP contribution in [0.3, 0.4) is 0 Å². The van der Waals surface area contributed by atoms with Crippen molar-refractivity contribution >= 4 is 11.9 Å². The summed E-state index contributed by atoms with van der Waals surface area (Å²) in [7, 11) is 0. The molecule has 5 heteroatoms. The van der Waals surface area contributed by atoms with Crippen molar-refractivity contribution in [2.45, 2.75) is 26.7 Å². The van der Waals surface area contributed by atoms with E-state index in [-0.39, 0.29) is 5.91 Å². The molecule has 2 heterocycles. The summed E-state index contributed by atoms with van der Waals surface area (Å²) in [4.78, 5) is 22.4. The van der Waals surface area contributed by atoms with Crippen LogP contribution in [0.2, 0.25) is 0 Å². The number of aromatic nitrogens is 2. The van der Waals surface area contributed by atoms with Crippen LogP contribution in [0.1, 0.15) is 37.2 Å². The third kappa shape index (κ3) is 3.18. The molecule has 0 radical (unpaired) electrons. The zero-order valence-electron chi connectivity index (χ0n) is 11.0. The fourth-order valence-corrected chi connectivity index (χ4v) is 1.94. The average molecular weight is 248 g/mol. The molecule has 1 amide bonds. The van der Waals surface area contributed by atoms with Gasteiger partial charge >= 0.3 is 0 Å². The summed E-state index contributed by atoms with van der Waals surface area (Å²) in [5.74, 6) is 1.07. The van der Waals surface area contributed by atoms with Gasteiger partial charge in [-0.25, -0.2) is 9.97 Å². The third-order valence-electron chi connectivity index (χ3n) is 2.94. The molecular formula is C13H20N4O. The minimum atomic E-state index is 0.0162. The molecule has 0 bridgehead atoms. The van der Waals surface area contributed by atoms with Crippen molar-refractivity contribution < 1.29 is 4.79 Å². The maximum atomic E-state index is 12.1. The van der Waals surface area contributed by atoms with Crippen LogP contribution in [-0.4, -0.2) is 40.4 Å². The number of anilines is 1. The van der Waals surface area contributed by atoms with E-state index in [4.69, 9.17) is 0 Å². The van der Waals surface area contributed by atoms with Gasteiger partial charge in [-0.2, -0.15) is 0 Å². The zero-order valence-corrected chi connectivity index (χ0v) is 11.0. The molecule has 1 fully saturated rings. The van der Waals surface area contributed by atoms with Gasteiger partial charge in [-0.05, 0) is 24.8 Å². The SMILES string of the molecule is CC(C)CNc1nccc(C(=O)N2CCCC2)n1. The van der Waals surface area contributed by atoms with Crippen molar-refractivity contribution in [1.82, 2.24) is 14.9 Å². The van der Waals surface area contributed by atoms with E-state index >= 15 is 0 Å². The lowest BCUT2D eigenvalue weighted by Gasteiger charge is -2.15. The van der Waals surface area contributed by atoms with Gasteiger partial charge in [0, 0.05) is 25.8 Å². The summed E-state index contributed by atoms with van der Waals surface area (Å²) in [5, 5.41) is 3.14. The van der Waals surface area contributed by atoms with Crippen molar-refractivity contribution in [3.63, 3.8) is 0 Å². The number of rotatable bonds is 4. The predicted molar refractivity (Wildman–Crippen MR) is 70.5 cm³/mol. The molecule has 1 N–H and O–H groups in total. The van der Waals surface area contributed by atoms with Crippen LogP contribution >= 0.6 is 0 Å². The Balaban J connectivity index is 2.04. The largest absolute Gasteiger partial charge is 0.354 e. The number of nitrogens with one attached hydrogen (secondary N) is 1. The van der Waals surface area contributed by atoms with Gasteiger partial charge in [0.15, 0.2) is 0 Å². The normalized spacial score (nSPS) is 15.2. The van der Waals surface area contributed by atoms with Crippen LogP contribution in [0.15, 0.2) is 12.3 Å². The molecule has 0 saturated carbocycles. The van der Waals surface area contributed by atoms with Crippen molar-refractivity contribution in [2.24, 2.45) is 5.92 Å². The standard InChI is InChI=1S/C13H20N4O/c1-10(2)9-15-13-14-6-5-11(16-13)12(18)17-7-3-4-8-17/h5-6,10H,3-4,7-9H2,1-2H3,(H,14,15,16). The second-order valence-electron chi connectivity index (χ2n) is 5.04. The average Bonchev–Trinajstić information content (AvgIpc) is 2.89. The van der Waals surface area contributed by atoms with E-state index in [9.17, 15) is 4.79 Å². The Bertz CT molecular complexity index is 413. The van der Waals surface area contributed by atoms with Gasteiger partial charge < -0.3 is 10.2 Å². The number of hydrogen-bond donors (Lipinski definition) is 1. The van der Waals surface area contributed by atoms with Gasteiger partial charge in [0.2, 0.25) is 5.95 Å². The molecule has 0 aromatic carbocycles. The lowest BCUT2D eigenvalue weighted by Crippen LogP contribution is -2.28. The third-order valence-corrected chi connectivity index (χ3v) is 2.94. The second kappa shape index (κ2) is 5.80. The molecule has 0 unspecified atom stereocenters. The first-order valence-corrected chi connectivity index (χ1v) is 6.53. The number of carbonyl (C=O) groups excluding carboxylic acids is 1. The Morgan fingerprint density at radius 1 is 1.44 bits per heavy atom. The molecule has 1 saturated heterocycles. The molecule has 1 aliphatic rings. The minimum absolute atomic E-state index is 0.0162. The zero-order chi connectivity index (χ0) is 13.0. The number of hydrogen-bond acceptors (Lipinski definition) is 4. The smallest absolute Gasteiger partial charge is 0.272 e. The van der Waals surface area contributed by atoms with Gasteiger partial charge in [-0.1, -0.05) is 13.8 Å². The van der Waals surface area contributed by atoms with Crippen LogP contribution in [0.5, 0.6) is 0 Å². The van der Waals surface area contributed by atoms with E-state index in [0.717, 1.165) is 32.5 Å². The lowest BCUT2D eigenvalue weighted by molar-refractivity contribution is 0.0787. The molecule has 1 aliphatic heterocycles. The number of likely N-dealkylation sites (tertiary alicyclic amines) is 1. The Hall–Kier alpha value is -1.65. The van der Waals surface area contributed by atoms with Crippen molar-refractivity contribution in [1.29, 1.82) is 0 Å². The van der Waals surface area contributed by atoms with Crippen LogP contribution in [0.25, 0.3) is 0 Å². The van der Waals surface area contributed by atoms with Gasteiger partial charge in [-0.3, -0.25) is 4.79 Å². The fourth-order valence-electron chi connectivity index (χ4n) is 1.94. The molecule has 2 rings (SSSR count). The molecule has 1 aromatic heterocycles. The summed E-state index contributed by atoms with van der Waals surface area (Å²) in [6.07, 6.45) is 3.82. The summed E-state index contributed by atoms with van der Waals surface area (Å²) < 4.78 is 0. The van der Waals surface area contributed by atoms with E-state index in [2.05, 4.69) is 29.1 Å². The van der Waals surface area contributed by atoms with Crippen LogP contribution in [0.4, 0.5) is 5.95 Å². The summed E-state index contributed by atoms with van der Waals surface area (Å²) in [5.41, 5.74) is 0.484. The summed E-state index contributed by atoms with van der Waals surface area (Å²) in [6, 6.07) is 1.68. The second-order valence-corrected chi connectivity index (χ2v) is 5.04. The van der Waals surface area contributed by atoms with Crippen LogP contribution in [-0.2, 0) is 0 Å². The Morgan fingerprint density at radius 3 is 2.83 bits per heavy atom. The van der Waals surface area contributed by atoms with Gasteiger partial charge in [0.25, 0.3) is 5.91 Å². The highest BCUT2D eigenvalue weighted by atomic mass is 16.2. The van der Waals surface area contributed by atoms with E-state index in [0.29, 0.717) is 17.6 Å². The Kier molecular flexibility index (Phi) is 4.12. The first-order valence-electron chi connectivity index (χ1n) is 6.53. The van der Waals surface area contributed by atoms with Crippen molar-refractivity contribution in [3.8, 4) is 0 Å². The van der Waals surface area contributed by atoms with Crippen molar-refractivity contribution in [3.05, 3.63) is 18.0 Å². The predicted octanol–water partition coefficient (Wildman–Crippen LogP) is 1.78. The van der Waals surface area contributed by atoms with Crippen LogP contribution in [0, 0.1) is 5.92 Å². The monoisotopic (exact) mass is 248 g/mol. The first kappa shape index (κ1) is 12.8. The molecule has 0 spiro atoms. The molecule has 0 atom stereocenters. The van der Waals surface area contributed by atoms with Gasteiger partial charge in [0.05, 0.1) is 0 Å². The van der Waals surface area contributed by atoms with Gasteiger partial charge in [0.1, 0.15) is 5.69 Å². The lowest BCUT2D eigenvalue weighted by atomic mass is 10.2. The van der Waals surface area contributed by atoms with Gasteiger partial charge in [-0.15, -0.1) is 0 Å². The number of carbonyl (C=O) groups is 1. The molecule has 5 nitrogen and oxygen atoms in total. The first-order chi connectivity index (χ1) is 8.66. The van der Waals surface area contributed by atoms with E-state index in [1.807, 2.05) is 4.90 Å².